The van der Waals surface area contributed by atoms with Crippen LogP contribution in [0.3, 0.4) is 0 Å². The van der Waals surface area contributed by atoms with Crippen molar-refractivity contribution in [2.45, 2.75) is 25.5 Å². The van der Waals surface area contributed by atoms with Gasteiger partial charge in [0.15, 0.2) is 6.61 Å². The lowest BCUT2D eigenvalue weighted by molar-refractivity contribution is -0.137. The Bertz CT molecular complexity index is 1120. The molecule has 30 heavy (non-hydrogen) atoms. The first kappa shape index (κ1) is 20.3. The number of hydrogen-bond acceptors (Lipinski definition) is 6. The number of hydroxylamine groups is 1. The highest BCUT2D eigenvalue weighted by Crippen LogP contribution is 2.40. The topological polar surface area (TPSA) is 106 Å². The van der Waals surface area contributed by atoms with Crippen LogP contribution in [0.25, 0.3) is 0 Å². The van der Waals surface area contributed by atoms with Crippen molar-refractivity contribution in [3.05, 3.63) is 81.0 Å². The van der Waals surface area contributed by atoms with Gasteiger partial charge in [0, 0.05) is 22.5 Å². The summed E-state index contributed by atoms with van der Waals surface area (Å²) in [6.07, 6.45) is 0. The Morgan fingerprint density at radius 3 is 2.73 bits per heavy atom. The van der Waals surface area contributed by atoms with Crippen LogP contribution in [0.4, 0.5) is 0 Å². The van der Waals surface area contributed by atoms with Gasteiger partial charge < -0.3 is 9.73 Å². The van der Waals surface area contributed by atoms with Crippen LogP contribution in [0.2, 0.25) is 10.0 Å². The lowest BCUT2D eigenvalue weighted by Crippen LogP contribution is -2.44. The average Bonchev–Trinajstić information content (AvgIpc) is 3.13. The number of hydrogen-bond donors (Lipinski definition) is 2. The number of fused-ring (bicyclic) bond motifs is 1. The molecule has 0 saturated heterocycles. The zero-order valence-corrected chi connectivity index (χ0v) is 17.2. The fraction of sp³-hybridized carbons (Fsp3) is 0.200. The van der Waals surface area contributed by atoms with E-state index in [1.54, 1.807) is 49.4 Å². The molecule has 4 rings (SSSR count). The molecule has 0 bridgehead atoms. The minimum absolute atomic E-state index is 0.0975. The third-order valence-corrected chi connectivity index (χ3v) is 5.24. The van der Waals surface area contributed by atoms with Gasteiger partial charge in [-0.3, -0.25) is 14.4 Å². The van der Waals surface area contributed by atoms with Gasteiger partial charge in [-0.1, -0.05) is 47.5 Å². The molecule has 0 radical (unpaired) electrons. The van der Waals surface area contributed by atoms with Gasteiger partial charge in [-0.15, -0.1) is 10.2 Å². The molecular formula is C20H16Cl2N4O4. The molecular weight excluding hydrogens is 431 g/mol. The van der Waals surface area contributed by atoms with Crippen LogP contribution in [0.5, 0.6) is 0 Å². The number of aryl methyl sites for hydroxylation is 1. The zero-order chi connectivity index (χ0) is 21.3. The van der Waals surface area contributed by atoms with E-state index in [9.17, 15) is 9.59 Å². The summed E-state index contributed by atoms with van der Waals surface area (Å²) in [6.45, 7) is 1.55. The smallest absolute Gasteiger partial charge is 0.253 e. The maximum atomic E-state index is 13.1. The predicted octanol–water partition coefficient (Wildman–Crippen LogP) is 3.50. The number of nitrogens with one attached hydrogen (secondary N) is 2. The highest BCUT2D eigenvalue weighted by atomic mass is 35.5. The van der Waals surface area contributed by atoms with Crippen molar-refractivity contribution in [1.29, 1.82) is 0 Å². The van der Waals surface area contributed by atoms with Gasteiger partial charge in [0.25, 0.3) is 11.8 Å². The van der Waals surface area contributed by atoms with Gasteiger partial charge in [0.1, 0.15) is 0 Å². The van der Waals surface area contributed by atoms with E-state index in [-0.39, 0.29) is 18.4 Å². The molecule has 2 N–H and O–H groups in total. The fourth-order valence-electron chi connectivity index (χ4n) is 3.39. The molecule has 0 saturated carbocycles. The Morgan fingerprint density at radius 2 is 2.00 bits per heavy atom. The van der Waals surface area contributed by atoms with Crippen LogP contribution in [0.1, 0.15) is 45.2 Å². The lowest BCUT2D eigenvalue weighted by atomic mass is 9.80. The third-order valence-electron chi connectivity index (χ3n) is 4.68. The summed E-state index contributed by atoms with van der Waals surface area (Å²) >= 11 is 12.4. The standard InChI is InChI=1S/C20H16Cl2N4O4/c1-10-24-25-16(30-10)9-29-26-20(28)17-12-4-2-3-5-13(12)19(27)23-18(17)14-7-6-11(21)8-15(14)22/h2-8,17-18H,9H2,1H3,(H,23,27)(H,26,28)/t17-,18+/m1/s1. The lowest BCUT2D eigenvalue weighted by Gasteiger charge is -2.33. The van der Waals surface area contributed by atoms with Gasteiger partial charge >= 0.3 is 0 Å². The molecule has 1 aliphatic rings. The Balaban J connectivity index is 1.63. The van der Waals surface area contributed by atoms with Crippen molar-refractivity contribution in [1.82, 2.24) is 21.0 Å². The summed E-state index contributed by atoms with van der Waals surface area (Å²) in [4.78, 5) is 31.0. The average molecular weight is 447 g/mol. The second kappa shape index (κ2) is 8.43. The van der Waals surface area contributed by atoms with Gasteiger partial charge in [-0.05, 0) is 29.3 Å². The number of aromatic nitrogens is 2. The normalized spacial score (nSPS) is 17.9. The van der Waals surface area contributed by atoms with E-state index in [1.807, 2.05) is 0 Å². The van der Waals surface area contributed by atoms with E-state index >= 15 is 0 Å². The quantitative estimate of drug-likeness (QED) is 0.580. The maximum Gasteiger partial charge on any atom is 0.253 e. The van der Waals surface area contributed by atoms with E-state index in [0.29, 0.717) is 32.6 Å². The molecule has 8 nitrogen and oxygen atoms in total. The van der Waals surface area contributed by atoms with Crippen LogP contribution in [0.15, 0.2) is 46.9 Å². The first-order valence-corrected chi connectivity index (χ1v) is 9.75. The summed E-state index contributed by atoms with van der Waals surface area (Å²) < 4.78 is 5.21. The van der Waals surface area contributed by atoms with E-state index < -0.39 is 17.9 Å². The molecule has 10 heteroatoms. The molecule has 154 valence electrons. The predicted molar refractivity (Wildman–Crippen MR) is 108 cm³/mol. The minimum Gasteiger partial charge on any atom is -0.423 e. The Kier molecular flexibility index (Phi) is 5.72. The van der Waals surface area contributed by atoms with E-state index in [1.165, 1.54) is 0 Å². The van der Waals surface area contributed by atoms with E-state index in [0.717, 1.165) is 0 Å². The van der Waals surface area contributed by atoms with Crippen LogP contribution in [-0.4, -0.2) is 22.0 Å². The molecule has 0 fully saturated rings. The second-order valence-corrected chi connectivity index (χ2v) is 7.50. The van der Waals surface area contributed by atoms with Gasteiger partial charge in [-0.2, -0.15) is 0 Å². The van der Waals surface area contributed by atoms with Crippen molar-refractivity contribution in [2.75, 3.05) is 0 Å². The monoisotopic (exact) mass is 446 g/mol. The summed E-state index contributed by atoms with van der Waals surface area (Å²) in [5.74, 6) is -0.937. The van der Waals surface area contributed by atoms with E-state index in [4.69, 9.17) is 32.5 Å². The van der Waals surface area contributed by atoms with Crippen molar-refractivity contribution >= 4 is 35.0 Å². The minimum atomic E-state index is -0.790. The second-order valence-electron chi connectivity index (χ2n) is 6.65. The SMILES string of the molecule is Cc1nnc(CONC(=O)[C@@H]2c3ccccc3C(=O)N[C@H]2c2ccc(Cl)cc2Cl)o1. The number of amides is 2. The van der Waals surface area contributed by atoms with Crippen molar-refractivity contribution in [2.24, 2.45) is 0 Å². The molecule has 2 amide bonds. The fourth-order valence-corrected chi connectivity index (χ4v) is 3.91. The van der Waals surface area contributed by atoms with Gasteiger partial charge in [0.2, 0.25) is 11.8 Å². The summed E-state index contributed by atoms with van der Waals surface area (Å²) in [5, 5.41) is 11.2. The van der Waals surface area contributed by atoms with Crippen LogP contribution < -0.4 is 10.8 Å². The first-order chi connectivity index (χ1) is 14.4. The summed E-state index contributed by atoms with van der Waals surface area (Å²) in [5.41, 5.74) is 3.95. The Hall–Kier alpha value is -2.94. The van der Waals surface area contributed by atoms with Crippen molar-refractivity contribution in [3.63, 3.8) is 0 Å². The van der Waals surface area contributed by atoms with Crippen LogP contribution in [-0.2, 0) is 16.2 Å². The molecule has 0 unspecified atom stereocenters. The number of benzene rings is 2. The van der Waals surface area contributed by atoms with E-state index in [2.05, 4.69) is 21.0 Å². The third kappa shape index (κ3) is 4.02. The Labute approximate surface area is 181 Å². The number of carbonyl (C=O) groups excluding carboxylic acids is 2. The molecule has 0 aliphatic carbocycles. The van der Waals surface area contributed by atoms with Crippen LogP contribution in [0, 0.1) is 6.92 Å². The molecule has 1 aliphatic heterocycles. The molecule has 2 aromatic carbocycles. The van der Waals surface area contributed by atoms with Crippen molar-refractivity contribution < 1.29 is 18.8 Å². The molecule has 2 atom stereocenters. The number of halogens is 2. The van der Waals surface area contributed by atoms with Crippen molar-refractivity contribution in [3.8, 4) is 0 Å². The Morgan fingerprint density at radius 1 is 1.20 bits per heavy atom. The molecule has 2 heterocycles. The largest absolute Gasteiger partial charge is 0.423 e. The first-order valence-electron chi connectivity index (χ1n) is 8.99. The van der Waals surface area contributed by atoms with Gasteiger partial charge in [-0.25, -0.2) is 5.48 Å². The number of rotatable bonds is 5. The maximum absolute atomic E-state index is 13.1. The highest BCUT2D eigenvalue weighted by Gasteiger charge is 2.40. The number of carbonyl (C=O) groups is 2. The summed E-state index contributed by atoms with van der Waals surface area (Å²) in [6, 6.07) is 11.1. The number of nitrogens with zero attached hydrogens (tertiary/aromatic N) is 2. The van der Waals surface area contributed by atoms with Crippen LogP contribution >= 0.6 is 23.2 Å². The zero-order valence-electron chi connectivity index (χ0n) is 15.7. The molecule has 3 aromatic rings. The van der Waals surface area contributed by atoms with Gasteiger partial charge in [0.05, 0.1) is 12.0 Å². The molecule has 1 aromatic heterocycles. The molecule has 0 spiro atoms. The summed E-state index contributed by atoms with van der Waals surface area (Å²) in [7, 11) is 0. The highest BCUT2D eigenvalue weighted by molar-refractivity contribution is 6.35.